The Kier molecular flexibility index (Phi) is 34.7. The number of hydrogen-bond acceptors (Lipinski definition) is 18. The minimum absolute atomic E-state index is 0.0330. The highest BCUT2D eigenvalue weighted by Crippen LogP contribution is 2.29. The van der Waals surface area contributed by atoms with Gasteiger partial charge >= 0.3 is 5.97 Å². The summed E-state index contributed by atoms with van der Waals surface area (Å²) in [4.78, 5) is 184. The largest absolute Gasteiger partial charge is 0.480 e. The third kappa shape index (κ3) is 27.7. The lowest BCUT2D eigenvalue weighted by Crippen LogP contribution is -2.60. The van der Waals surface area contributed by atoms with Gasteiger partial charge in [-0.2, -0.15) is 0 Å². The Morgan fingerprint density at radius 1 is 0.608 bits per heavy atom. The van der Waals surface area contributed by atoms with Crippen LogP contribution in [0.4, 0.5) is 0 Å². The van der Waals surface area contributed by atoms with Crippen molar-refractivity contribution >= 4 is 101 Å². The number of aliphatic carboxylic acids is 1. The Morgan fingerprint density at radius 3 is 1.68 bits per heavy atom. The molecule has 11 atom stereocenters. The average Bonchev–Trinajstić information content (AvgIpc) is 1.66. The van der Waals surface area contributed by atoms with Gasteiger partial charge in [0.25, 0.3) is 0 Å². The van der Waals surface area contributed by atoms with E-state index < -0.39 is 143 Å². The molecule has 3 aliphatic heterocycles. The number of imide groups is 1. The molecular weight excluding hydrogens is 1340 g/mol. The third-order valence-electron chi connectivity index (χ3n) is 17.3. The number of guanidine groups is 3. The van der Waals surface area contributed by atoms with E-state index in [4.69, 9.17) is 40.1 Å². The van der Waals surface area contributed by atoms with E-state index in [1.807, 2.05) is 6.92 Å². The van der Waals surface area contributed by atoms with E-state index in [0.29, 0.717) is 30.4 Å². The van der Waals surface area contributed by atoms with Crippen LogP contribution in [0, 0.1) is 5.92 Å². The molecule has 0 bridgehead atoms. The lowest BCUT2D eigenvalue weighted by atomic mass is 10.00. The maximum atomic E-state index is 15.0. The molecule has 3 fully saturated rings. The topological polar surface area (TPSA) is 558 Å². The lowest BCUT2D eigenvalue weighted by Gasteiger charge is -2.33. The summed E-state index contributed by atoms with van der Waals surface area (Å²) in [5.41, 5.74) is 40.0. The van der Waals surface area contributed by atoms with Crippen LogP contribution in [-0.2, 0) is 70.4 Å². The molecule has 102 heavy (non-hydrogen) atoms. The number of aliphatic imine (C=N–C) groups is 3. The second-order valence-corrected chi connectivity index (χ2v) is 27.2. The molecule has 3 saturated heterocycles. The van der Waals surface area contributed by atoms with E-state index in [1.54, 1.807) is 74.5 Å². The molecule has 11 amide bonds. The summed E-state index contributed by atoms with van der Waals surface area (Å²) >= 11 is 0.928. The van der Waals surface area contributed by atoms with Crippen molar-refractivity contribution in [2.24, 2.45) is 61.0 Å². The number of thioether (sulfide) groups is 1. The number of unbranched alkanes of at least 4 members (excludes halogenated alkanes) is 3. The Hall–Kier alpha value is -9.64. The predicted molar refractivity (Wildman–Crippen MR) is 382 cm³/mol. The number of aliphatic hydroxyl groups excluding tert-OH is 1. The first-order chi connectivity index (χ1) is 48.6. The Morgan fingerprint density at radius 2 is 1.12 bits per heavy atom. The van der Waals surface area contributed by atoms with Crippen LogP contribution < -0.4 is 77.4 Å². The number of hydrogen-bond donors (Lipinski definition) is 16. The van der Waals surface area contributed by atoms with Gasteiger partial charge in [0.2, 0.25) is 65.0 Å². The monoisotopic (exact) mass is 1440 g/mol. The van der Waals surface area contributed by atoms with Crippen LogP contribution in [0.1, 0.15) is 128 Å². The van der Waals surface area contributed by atoms with E-state index in [0.717, 1.165) is 35.9 Å². The number of β-amino-alcohol motifs (C(OH)–C–C–N with tert-alkyl or cyclic N) is 1. The summed E-state index contributed by atoms with van der Waals surface area (Å²) in [6.07, 6.45) is 2.70. The summed E-state index contributed by atoms with van der Waals surface area (Å²) in [5.74, 6) is -10.6. The quantitative estimate of drug-likeness (QED) is 0.0133. The van der Waals surface area contributed by atoms with E-state index in [9.17, 15) is 63.0 Å². The van der Waals surface area contributed by atoms with Gasteiger partial charge in [0.15, 0.2) is 17.9 Å². The molecule has 0 radical (unpaired) electrons. The number of carbonyl (C=O) groups is 12. The smallest absolute Gasteiger partial charge is 0.326 e. The van der Waals surface area contributed by atoms with Crippen molar-refractivity contribution in [1.82, 2.24) is 51.9 Å². The third-order valence-corrected chi connectivity index (χ3v) is 18.6. The fourth-order valence-corrected chi connectivity index (χ4v) is 13.2. The van der Waals surface area contributed by atoms with Crippen LogP contribution in [0.3, 0.4) is 0 Å². The molecule has 35 heteroatoms. The van der Waals surface area contributed by atoms with Crippen molar-refractivity contribution in [2.45, 2.75) is 196 Å². The maximum Gasteiger partial charge on any atom is 0.326 e. The van der Waals surface area contributed by atoms with Crippen molar-refractivity contribution in [3.63, 3.8) is 0 Å². The first-order valence-corrected chi connectivity index (χ1v) is 35.7. The number of carboxylic acids is 1. The SMILES string of the molecule is CCCCCCN1C(=O)CC(SC[C@@H](NC(=O)[C@H](Cc2ccccc2)NC(=O)CNC(=O)[C@@H]2C[C@@H](O)CN2C(=O)[C@@H]2CCCN2C(=O)[C@H](CCCN=C(N)N)NC(=O)[C@H](N)CCCN=C(N)N)C(=O)N[C@H](Cc2ccccc2)C(=O)N[C@@H](CC(C)C)C(=O)N[C@@H](CCCN=C(N)N)C(=O)O)C1=O. The van der Waals surface area contributed by atoms with Gasteiger partial charge in [-0.05, 0) is 81.3 Å². The molecule has 1 unspecified atom stereocenters. The van der Waals surface area contributed by atoms with Crippen LogP contribution in [0.5, 0.6) is 0 Å². The molecule has 0 spiro atoms. The number of nitrogens with zero attached hydrogens (tertiary/aromatic N) is 6. The number of nitrogens with one attached hydrogen (secondary N) is 7. The zero-order valence-electron chi connectivity index (χ0n) is 58.3. The van der Waals surface area contributed by atoms with Gasteiger partial charge in [0.05, 0.1) is 23.9 Å². The van der Waals surface area contributed by atoms with E-state index >= 15 is 4.79 Å². The highest BCUT2D eigenvalue weighted by molar-refractivity contribution is 8.00. The number of benzene rings is 2. The summed E-state index contributed by atoms with van der Waals surface area (Å²) in [7, 11) is 0. The molecule has 0 aromatic heterocycles. The molecule has 2 aromatic carbocycles. The van der Waals surface area contributed by atoms with Crippen molar-refractivity contribution in [2.75, 3.05) is 51.6 Å². The number of nitrogens with two attached hydrogens (primary N) is 7. The number of amides is 11. The van der Waals surface area contributed by atoms with Crippen LogP contribution in [0.15, 0.2) is 75.6 Å². The number of likely N-dealkylation sites (tertiary alicyclic amines) is 3. The minimum atomic E-state index is -1.60. The lowest BCUT2D eigenvalue weighted by molar-refractivity contribution is -0.148. The van der Waals surface area contributed by atoms with Crippen LogP contribution in [-0.4, -0.2) is 231 Å². The first-order valence-electron chi connectivity index (χ1n) is 34.6. The molecule has 23 N–H and O–H groups in total. The summed E-state index contributed by atoms with van der Waals surface area (Å²) in [6.45, 7) is 5.21. The molecule has 34 nitrogen and oxygen atoms in total. The van der Waals surface area contributed by atoms with Crippen molar-refractivity contribution in [1.29, 1.82) is 0 Å². The first kappa shape index (κ1) is 83.0. The highest BCUT2D eigenvalue weighted by Gasteiger charge is 2.46. The normalized spacial score (nSPS) is 18.5. The van der Waals surface area contributed by atoms with E-state index in [-0.39, 0.29) is 139 Å². The number of carbonyl (C=O) groups excluding carboxylic acids is 11. The summed E-state index contributed by atoms with van der Waals surface area (Å²) < 4.78 is 0. The minimum Gasteiger partial charge on any atom is -0.480 e. The zero-order valence-corrected chi connectivity index (χ0v) is 59.1. The average molecular weight is 1450 g/mol. The van der Waals surface area contributed by atoms with E-state index in [2.05, 4.69) is 52.2 Å². The second kappa shape index (κ2) is 42.6. The molecule has 3 heterocycles. The van der Waals surface area contributed by atoms with Crippen molar-refractivity contribution < 1.29 is 67.7 Å². The highest BCUT2D eigenvalue weighted by atomic mass is 32.2. The maximum absolute atomic E-state index is 15.0. The van der Waals surface area contributed by atoms with Crippen LogP contribution in [0.25, 0.3) is 0 Å². The van der Waals surface area contributed by atoms with E-state index in [1.165, 1.54) is 9.80 Å². The van der Waals surface area contributed by atoms with Gasteiger partial charge in [-0.1, -0.05) is 101 Å². The fourth-order valence-electron chi connectivity index (χ4n) is 12.0. The molecule has 0 saturated carbocycles. The molecule has 3 aliphatic rings. The Balaban J connectivity index is 1.38. The summed E-state index contributed by atoms with van der Waals surface area (Å²) in [5, 5.41) is 38.6. The van der Waals surface area contributed by atoms with Gasteiger partial charge in [-0.3, -0.25) is 72.6 Å². The summed E-state index contributed by atoms with van der Waals surface area (Å²) in [6, 6.07) is 5.03. The molecule has 5 rings (SSSR count). The Bertz CT molecular complexity index is 3260. The van der Waals surface area contributed by atoms with Crippen LogP contribution >= 0.6 is 11.8 Å². The number of carboxylic acid groups (broad SMARTS) is 1. The fraction of sp³-hybridized carbons (Fsp3) is 0.597. The van der Waals surface area contributed by atoms with Gasteiger partial charge in [0, 0.05) is 70.7 Å². The molecule has 562 valence electrons. The predicted octanol–water partition coefficient (Wildman–Crippen LogP) is -3.49. The standard InChI is InChI=1S/C67H104N20O14S/c1-4-5-6-13-29-86-54(90)35-52(63(86)99)102-38-49(59(95)83-48(33-41-20-11-8-12-21-41)58(94)82-46(31-39(2)3)56(92)81-45(64(100)101)24-16-28-77-67(73)74)84-57(93)47(32-40-18-9-7-10-19-40)79-53(89)36-78-60(96)51-34-42(88)37-87(51)62(98)50-25-17-30-85(50)61(97)44(23-15-27-76-66(71)72)80-55(91)43(68)22-14-26-75-65(69)70/h7-12,18-21,39,42-52,88H,4-6,13-17,22-38,68H2,1-3H3,(H,78,96)(H,79,89)(H,80,91)(H,81,92)(H,82,94)(H,83,95)(H,84,93)(H,100,101)(H4,69,70,75)(H4,71,72,76)(H4,73,74,77)/t42-,43-,44+,45+,46+,47+,48-,49-,50+,51+,52?/m1/s1. The van der Waals surface area contributed by atoms with Gasteiger partial charge in [0.1, 0.15) is 48.3 Å². The van der Waals surface area contributed by atoms with Crippen molar-refractivity contribution in [3.05, 3.63) is 71.8 Å². The van der Waals surface area contributed by atoms with Gasteiger partial charge < -0.3 is 97.4 Å². The molecule has 0 aliphatic carbocycles. The number of rotatable bonds is 43. The Labute approximate surface area is 597 Å². The second-order valence-electron chi connectivity index (χ2n) is 26.0. The molecule has 2 aromatic rings. The number of aliphatic hydroxyl groups is 1. The molecular formula is C67H104N20O14S. The van der Waals surface area contributed by atoms with Crippen LogP contribution in [0.2, 0.25) is 0 Å². The van der Waals surface area contributed by atoms with Gasteiger partial charge in [-0.15, -0.1) is 11.8 Å². The van der Waals surface area contributed by atoms with Gasteiger partial charge in [-0.25, -0.2) is 4.79 Å². The zero-order chi connectivity index (χ0) is 75.0. The van der Waals surface area contributed by atoms with Crippen molar-refractivity contribution in [3.8, 4) is 0 Å².